The summed E-state index contributed by atoms with van der Waals surface area (Å²) in [4.78, 5) is 25.3. The van der Waals surface area contributed by atoms with Crippen molar-refractivity contribution in [2.75, 3.05) is 5.32 Å². The van der Waals surface area contributed by atoms with Crippen LogP contribution < -0.4 is 10.6 Å². The van der Waals surface area contributed by atoms with E-state index in [1.54, 1.807) is 6.07 Å². The molecule has 0 radical (unpaired) electrons. The zero-order valence-electron chi connectivity index (χ0n) is 16.0. The van der Waals surface area contributed by atoms with E-state index >= 15 is 0 Å². The summed E-state index contributed by atoms with van der Waals surface area (Å²) < 4.78 is 13.6. The number of hydrogen-bond acceptors (Lipinski definition) is 2. The molecule has 0 saturated carbocycles. The maximum Gasteiger partial charge on any atom is 0.228 e. The number of rotatable bonds is 4. The second-order valence-corrected chi connectivity index (χ2v) is 7.30. The molecule has 5 heteroatoms. The Morgan fingerprint density at radius 3 is 2.45 bits per heavy atom. The summed E-state index contributed by atoms with van der Waals surface area (Å²) in [6.45, 7) is 2.01. The zero-order chi connectivity index (χ0) is 20.4. The molecule has 3 aromatic rings. The first kappa shape index (κ1) is 18.9. The van der Waals surface area contributed by atoms with Gasteiger partial charge in [0, 0.05) is 12.1 Å². The molecule has 2 N–H and O–H groups in total. The number of amides is 2. The fraction of sp³-hybridized carbons (Fsp3) is 0.167. The molecule has 1 aliphatic rings. The number of anilines is 1. The molecule has 0 fully saturated rings. The topological polar surface area (TPSA) is 58.2 Å². The van der Waals surface area contributed by atoms with Crippen molar-refractivity contribution < 1.29 is 14.0 Å². The molecule has 1 aliphatic heterocycles. The van der Waals surface area contributed by atoms with Crippen molar-refractivity contribution in [3.05, 3.63) is 101 Å². The number of fused-ring (bicyclic) bond motifs is 1. The van der Waals surface area contributed by atoms with Crippen LogP contribution in [0.2, 0.25) is 0 Å². The zero-order valence-corrected chi connectivity index (χ0v) is 16.0. The number of carbonyl (C=O) groups excluding carboxylic acids is 2. The fourth-order valence-corrected chi connectivity index (χ4v) is 3.68. The second kappa shape index (κ2) is 7.87. The number of halogens is 1. The summed E-state index contributed by atoms with van der Waals surface area (Å²) in [6.07, 6.45) is 0.0277. The van der Waals surface area contributed by atoms with E-state index in [9.17, 15) is 14.0 Å². The van der Waals surface area contributed by atoms with Crippen molar-refractivity contribution in [1.82, 2.24) is 5.32 Å². The van der Waals surface area contributed by atoms with Crippen LogP contribution in [0.25, 0.3) is 0 Å². The third kappa shape index (κ3) is 4.04. The molecule has 29 heavy (non-hydrogen) atoms. The van der Waals surface area contributed by atoms with E-state index in [1.807, 2.05) is 61.5 Å². The van der Waals surface area contributed by atoms with E-state index in [4.69, 9.17) is 0 Å². The quantitative estimate of drug-likeness (QED) is 0.693. The van der Waals surface area contributed by atoms with Crippen molar-refractivity contribution in [2.45, 2.75) is 25.3 Å². The standard InChI is InChI=1S/C24H21FN2O2/c1-15-7-9-17(10-8-15)23(16-5-3-2-4-6-16)27-24(29)20-14-22(28)26-21-13-18(25)11-12-19(20)21/h2-13,20,23H,14H2,1H3,(H,26,28)(H,27,29)/t20-,23+/m0/s1. The van der Waals surface area contributed by atoms with Gasteiger partial charge >= 0.3 is 0 Å². The lowest BCUT2D eigenvalue weighted by molar-refractivity contribution is -0.126. The lowest BCUT2D eigenvalue weighted by atomic mass is 9.88. The lowest BCUT2D eigenvalue weighted by Gasteiger charge is -2.27. The number of aryl methyl sites for hydroxylation is 1. The number of nitrogens with one attached hydrogen (secondary N) is 2. The molecule has 0 saturated heterocycles. The van der Waals surface area contributed by atoms with Gasteiger partial charge in [0.05, 0.1) is 12.0 Å². The Labute approximate surface area is 168 Å². The van der Waals surface area contributed by atoms with Crippen molar-refractivity contribution in [3.63, 3.8) is 0 Å². The molecule has 3 aromatic carbocycles. The van der Waals surface area contributed by atoms with Crippen LogP contribution in [-0.2, 0) is 9.59 Å². The van der Waals surface area contributed by atoms with Crippen molar-refractivity contribution >= 4 is 17.5 Å². The van der Waals surface area contributed by atoms with Gasteiger partial charge < -0.3 is 10.6 Å². The first-order chi connectivity index (χ1) is 14.0. The molecule has 0 aliphatic carbocycles. The monoisotopic (exact) mass is 388 g/mol. The Balaban J connectivity index is 1.67. The van der Waals surface area contributed by atoms with E-state index in [0.717, 1.165) is 16.7 Å². The minimum absolute atomic E-state index is 0.0277. The van der Waals surface area contributed by atoms with Gasteiger partial charge in [-0.1, -0.05) is 66.2 Å². The van der Waals surface area contributed by atoms with E-state index in [1.165, 1.54) is 12.1 Å². The van der Waals surface area contributed by atoms with Gasteiger partial charge in [0.15, 0.2) is 0 Å². The molecule has 0 unspecified atom stereocenters. The van der Waals surface area contributed by atoms with Gasteiger partial charge in [0.25, 0.3) is 0 Å². The van der Waals surface area contributed by atoms with Gasteiger partial charge in [0.2, 0.25) is 11.8 Å². The van der Waals surface area contributed by atoms with Crippen molar-refractivity contribution in [1.29, 1.82) is 0 Å². The van der Waals surface area contributed by atoms with E-state index in [-0.39, 0.29) is 24.3 Å². The largest absolute Gasteiger partial charge is 0.345 e. The molecule has 2 atom stereocenters. The van der Waals surface area contributed by atoms with Crippen molar-refractivity contribution in [2.24, 2.45) is 0 Å². The lowest BCUT2D eigenvalue weighted by Crippen LogP contribution is -2.37. The van der Waals surface area contributed by atoms with Crippen LogP contribution in [0, 0.1) is 12.7 Å². The predicted molar refractivity (Wildman–Crippen MR) is 110 cm³/mol. The molecule has 0 spiro atoms. The van der Waals surface area contributed by atoms with Gasteiger partial charge in [0.1, 0.15) is 5.82 Å². The van der Waals surface area contributed by atoms with Gasteiger partial charge in [-0.25, -0.2) is 4.39 Å². The second-order valence-electron chi connectivity index (χ2n) is 7.30. The van der Waals surface area contributed by atoms with Crippen LogP contribution in [0.15, 0.2) is 72.8 Å². The van der Waals surface area contributed by atoms with Crippen LogP contribution in [0.3, 0.4) is 0 Å². The first-order valence-corrected chi connectivity index (χ1v) is 9.52. The Bertz CT molecular complexity index is 1050. The third-order valence-corrected chi connectivity index (χ3v) is 5.20. The molecular weight excluding hydrogens is 367 g/mol. The molecule has 4 rings (SSSR count). The Hall–Kier alpha value is -3.47. The molecule has 4 nitrogen and oxygen atoms in total. The van der Waals surface area contributed by atoms with Crippen molar-refractivity contribution in [3.8, 4) is 0 Å². The van der Waals surface area contributed by atoms with E-state index in [2.05, 4.69) is 10.6 Å². The smallest absolute Gasteiger partial charge is 0.228 e. The summed E-state index contributed by atoms with van der Waals surface area (Å²) in [5, 5.41) is 5.75. The molecule has 0 aromatic heterocycles. The summed E-state index contributed by atoms with van der Waals surface area (Å²) in [6, 6.07) is 21.5. The fourth-order valence-electron chi connectivity index (χ4n) is 3.68. The Kier molecular flexibility index (Phi) is 5.12. The minimum atomic E-state index is -0.670. The highest BCUT2D eigenvalue weighted by Gasteiger charge is 2.32. The maximum absolute atomic E-state index is 13.6. The number of benzene rings is 3. The summed E-state index contributed by atoms with van der Waals surface area (Å²) in [5.74, 6) is -1.68. The molecule has 146 valence electrons. The average molecular weight is 388 g/mol. The van der Waals surface area contributed by atoms with E-state index < -0.39 is 11.7 Å². The number of carbonyl (C=O) groups is 2. The van der Waals surface area contributed by atoms with Crippen LogP contribution in [0.4, 0.5) is 10.1 Å². The first-order valence-electron chi connectivity index (χ1n) is 9.52. The Morgan fingerprint density at radius 1 is 1.03 bits per heavy atom. The third-order valence-electron chi connectivity index (χ3n) is 5.20. The summed E-state index contributed by atoms with van der Waals surface area (Å²) >= 11 is 0. The molecule has 0 bridgehead atoms. The highest BCUT2D eigenvalue weighted by Crippen LogP contribution is 2.34. The summed E-state index contributed by atoms with van der Waals surface area (Å²) in [5.41, 5.74) is 4.01. The summed E-state index contributed by atoms with van der Waals surface area (Å²) in [7, 11) is 0. The van der Waals surface area contributed by atoms with Gasteiger partial charge in [-0.3, -0.25) is 9.59 Å². The molecule has 2 amide bonds. The maximum atomic E-state index is 13.6. The normalized spacial score (nSPS) is 16.5. The highest BCUT2D eigenvalue weighted by molar-refractivity contribution is 6.01. The highest BCUT2D eigenvalue weighted by atomic mass is 19.1. The van der Waals surface area contributed by atoms with Crippen LogP contribution >= 0.6 is 0 Å². The van der Waals surface area contributed by atoms with Gasteiger partial charge in [-0.2, -0.15) is 0 Å². The predicted octanol–water partition coefficient (Wildman–Crippen LogP) is 4.47. The molecular formula is C24H21FN2O2. The average Bonchev–Trinajstić information content (AvgIpc) is 2.72. The van der Waals surface area contributed by atoms with Gasteiger partial charge in [-0.15, -0.1) is 0 Å². The van der Waals surface area contributed by atoms with Crippen LogP contribution in [0.5, 0.6) is 0 Å². The molecule has 1 heterocycles. The van der Waals surface area contributed by atoms with E-state index in [0.29, 0.717) is 11.3 Å². The minimum Gasteiger partial charge on any atom is -0.345 e. The Morgan fingerprint density at radius 2 is 1.72 bits per heavy atom. The number of hydrogen-bond donors (Lipinski definition) is 2. The SMILES string of the molecule is Cc1ccc([C@H](NC(=O)[C@H]2CC(=O)Nc3cc(F)ccc32)c2ccccc2)cc1. The van der Waals surface area contributed by atoms with Crippen LogP contribution in [-0.4, -0.2) is 11.8 Å². The van der Waals surface area contributed by atoms with Gasteiger partial charge in [-0.05, 0) is 35.7 Å². The van der Waals surface area contributed by atoms with Crippen LogP contribution in [0.1, 0.15) is 40.6 Å².